The van der Waals surface area contributed by atoms with Crippen LogP contribution in [0.2, 0.25) is 0 Å². The van der Waals surface area contributed by atoms with Crippen LogP contribution in [0.5, 0.6) is 0 Å². The number of aliphatic hydroxyl groups is 4. The standard InChI is InChI=1S/C30H52O6/c1-7-18(16(3)4)27(34)26(33)17(5)20-9-10-22-19-15-36-28(35)23-13-24(31)25(32)14-29(23,6)21(19)11-12-30(20,22)8-2/h16-27,31-34H,7-15H2,1-6H3/t17-,18+,19?,20+,21?,22?,23?,24-,25+,26-,27-,29+,30+/m0/s1. The first-order chi connectivity index (χ1) is 16.9. The molecule has 208 valence electrons. The molecule has 36 heavy (non-hydrogen) atoms. The molecule has 3 aliphatic carbocycles. The maximum absolute atomic E-state index is 13.1. The molecule has 4 fully saturated rings. The average molecular weight is 509 g/mol. The number of aliphatic hydroxyl groups excluding tert-OH is 4. The second-order valence-electron chi connectivity index (χ2n) is 13.6. The lowest BCUT2D eigenvalue weighted by molar-refractivity contribution is -0.162. The number of rotatable bonds is 7. The first kappa shape index (κ1) is 28.3. The van der Waals surface area contributed by atoms with Crippen LogP contribution in [-0.4, -0.2) is 57.4 Å². The Balaban J connectivity index is 1.61. The molecule has 13 atom stereocenters. The largest absolute Gasteiger partial charge is 0.465 e. The van der Waals surface area contributed by atoms with E-state index >= 15 is 0 Å². The minimum atomic E-state index is -0.868. The summed E-state index contributed by atoms with van der Waals surface area (Å²) in [4.78, 5) is 13.1. The first-order valence-corrected chi connectivity index (χ1v) is 14.8. The van der Waals surface area contributed by atoms with Gasteiger partial charge in [0.05, 0.1) is 36.9 Å². The van der Waals surface area contributed by atoms with E-state index < -0.39 is 24.4 Å². The molecular weight excluding hydrogens is 456 g/mol. The minimum absolute atomic E-state index is 0.00221. The second-order valence-corrected chi connectivity index (χ2v) is 13.6. The molecule has 4 N–H and O–H groups in total. The van der Waals surface area contributed by atoms with Crippen molar-refractivity contribution in [3.63, 3.8) is 0 Å². The summed E-state index contributed by atoms with van der Waals surface area (Å²) in [5.74, 6) is 1.06. The topological polar surface area (TPSA) is 107 Å². The van der Waals surface area contributed by atoms with Gasteiger partial charge in [-0.2, -0.15) is 0 Å². The molecule has 0 aromatic heterocycles. The molecule has 0 bridgehead atoms. The maximum atomic E-state index is 13.1. The molecule has 0 radical (unpaired) electrons. The van der Waals surface area contributed by atoms with Gasteiger partial charge in [0, 0.05) is 0 Å². The van der Waals surface area contributed by atoms with Crippen molar-refractivity contribution >= 4 is 5.97 Å². The van der Waals surface area contributed by atoms with Crippen molar-refractivity contribution in [2.24, 2.45) is 58.2 Å². The van der Waals surface area contributed by atoms with Gasteiger partial charge in [-0.25, -0.2) is 0 Å². The Kier molecular flexibility index (Phi) is 8.23. The lowest BCUT2D eigenvalue weighted by Gasteiger charge is -2.57. The smallest absolute Gasteiger partial charge is 0.309 e. The zero-order valence-electron chi connectivity index (χ0n) is 23.4. The van der Waals surface area contributed by atoms with E-state index in [2.05, 4.69) is 41.5 Å². The lowest BCUT2D eigenvalue weighted by Crippen LogP contribution is -2.55. The van der Waals surface area contributed by atoms with Crippen LogP contribution < -0.4 is 0 Å². The van der Waals surface area contributed by atoms with Crippen molar-refractivity contribution in [3.05, 3.63) is 0 Å². The van der Waals surface area contributed by atoms with E-state index in [4.69, 9.17) is 4.74 Å². The van der Waals surface area contributed by atoms with Gasteiger partial charge < -0.3 is 25.2 Å². The lowest BCUT2D eigenvalue weighted by atomic mass is 9.47. The Morgan fingerprint density at radius 1 is 1.00 bits per heavy atom. The van der Waals surface area contributed by atoms with E-state index in [9.17, 15) is 25.2 Å². The number of fused-ring (bicyclic) bond motifs is 5. The van der Waals surface area contributed by atoms with Gasteiger partial charge in [0.2, 0.25) is 0 Å². The van der Waals surface area contributed by atoms with Crippen molar-refractivity contribution in [3.8, 4) is 0 Å². The van der Waals surface area contributed by atoms with Crippen molar-refractivity contribution in [2.75, 3.05) is 6.61 Å². The highest BCUT2D eigenvalue weighted by Gasteiger charge is 2.63. The van der Waals surface area contributed by atoms with Crippen LogP contribution in [0.3, 0.4) is 0 Å². The Morgan fingerprint density at radius 3 is 2.31 bits per heavy atom. The zero-order chi connectivity index (χ0) is 26.6. The number of esters is 1. The van der Waals surface area contributed by atoms with Gasteiger partial charge in [0.25, 0.3) is 0 Å². The second kappa shape index (κ2) is 10.5. The molecule has 0 amide bonds. The quantitative estimate of drug-likeness (QED) is 0.385. The third kappa shape index (κ3) is 4.36. The number of carbonyl (C=O) groups is 1. The number of carbonyl (C=O) groups excluding carboxylic acids is 1. The molecule has 1 saturated heterocycles. The Morgan fingerprint density at radius 2 is 1.69 bits per heavy atom. The van der Waals surface area contributed by atoms with Crippen LogP contribution >= 0.6 is 0 Å². The summed E-state index contributed by atoms with van der Waals surface area (Å²) in [6.45, 7) is 13.3. The summed E-state index contributed by atoms with van der Waals surface area (Å²) < 4.78 is 5.92. The minimum Gasteiger partial charge on any atom is -0.465 e. The molecule has 0 spiro atoms. The summed E-state index contributed by atoms with van der Waals surface area (Å²) in [6, 6.07) is 0. The van der Waals surface area contributed by atoms with Crippen LogP contribution in [0, 0.1) is 58.2 Å². The van der Waals surface area contributed by atoms with Gasteiger partial charge in [-0.1, -0.05) is 48.0 Å². The zero-order valence-corrected chi connectivity index (χ0v) is 23.4. The van der Waals surface area contributed by atoms with Gasteiger partial charge >= 0.3 is 5.97 Å². The highest BCUT2D eigenvalue weighted by Crippen LogP contribution is 2.67. The van der Waals surface area contributed by atoms with Gasteiger partial charge in [0.15, 0.2) is 0 Å². The molecule has 4 rings (SSSR count). The van der Waals surface area contributed by atoms with E-state index in [1.807, 2.05) is 0 Å². The highest BCUT2D eigenvalue weighted by molar-refractivity contribution is 5.74. The number of hydrogen-bond donors (Lipinski definition) is 4. The monoisotopic (exact) mass is 508 g/mol. The van der Waals surface area contributed by atoms with Crippen LogP contribution in [0.15, 0.2) is 0 Å². The predicted octanol–water partition coefficient (Wildman–Crippen LogP) is 4.17. The Labute approximate surface area is 218 Å². The Bertz CT molecular complexity index is 785. The van der Waals surface area contributed by atoms with E-state index in [0.29, 0.717) is 30.8 Å². The number of hydrogen-bond acceptors (Lipinski definition) is 6. The van der Waals surface area contributed by atoms with E-state index in [1.54, 1.807) is 0 Å². The molecular formula is C30H52O6. The summed E-state index contributed by atoms with van der Waals surface area (Å²) in [7, 11) is 0. The van der Waals surface area contributed by atoms with Gasteiger partial charge in [-0.15, -0.1) is 0 Å². The van der Waals surface area contributed by atoms with Crippen molar-refractivity contribution in [1.29, 1.82) is 0 Å². The molecule has 4 aliphatic rings. The van der Waals surface area contributed by atoms with Gasteiger partial charge in [-0.05, 0) is 97.2 Å². The maximum Gasteiger partial charge on any atom is 0.309 e. The third-order valence-corrected chi connectivity index (χ3v) is 12.1. The average Bonchev–Trinajstić information content (AvgIpc) is 3.19. The highest BCUT2D eigenvalue weighted by atomic mass is 16.5. The molecule has 1 aliphatic heterocycles. The number of ether oxygens (including phenoxy) is 1. The fourth-order valence-corrected chi connectivity index (χ4v) is 10.0. The van der Waals surface area contributed by atoms with E-state index in [0.717, 1.165) is 38.5 Å². The molecule has 3 saturated carbocycles. The molecule has 0 aromatic carbocycles. The third-order valence-electron chi connectivity index (χ3n) is 12.1. The fraction of sp³-hybridized carbons (Fsp3) is 0.967. The fourth-order valence-electron chi connectivity index (χ4n) is 10.0. The van der Waals surface area contributed by atoms with Crippen molar-refractivity contribution in [1.82, 2.24) is 0 Å². The van der Waals surface area contributed by atoms with Gasteiger partial charge in [0.1, 0.15) is 0 Å². The van der Waals surface area contributed by atoms with Crippen LogP contribution in [0.25, 0.3) is 0 Å². The first-order valence-electron chi connectivity index (χ1n) is 14.8. The molecule has 6 heteroatoms. The van der Waals surface area contributed by atoms with Crippen LogP contribution in [0.1, 0.15) is 92.9 Å². The van der Waals surface area contributed by atoms with Crippen LogP contribution in [-0.2, 0) is 9.53 Å². The summed E-state index contributed by atoms with van der Waals surface area (Å²) in [5, 5.41) is 43.5. The van der Waals surface area contributed by atoms with E-state index in [-0.39, 0.29) is 52.8 Å². The SMILES string of the molecule is CC[C@H](C(C)C)[C@H](O)[C@@H](O)[C@@H](C)[C@H]1CCC2C3COC(=O)C4C[C@H](O)[C@H](O)C[C@]4(C)C3CC[C@@]21CC. The van der Waals surface area contributed by atoms with Crippen molar-refractivity contribution < 1.29 is 30.0 Å². The van der Waals surface area contributed by atoms with Crippen molar-refractivity contribution in [2.45, 2.75) is 117 Å². The molecule has 0 aromatic rings. The molecule has 4 unspecified atom stereocenters. The van der Waals surface area contributed by atoms with Gasteiger partial charge in [-0.3, -0.25) is 4.79 Å². The van der Waals surface area contributed by atoms with E-state index in [1.165, 1.54) is 0 Å². The summed E-state index contributed by atoms with van der Waals surface area (Å²) >= 11 is 0. The molecule has 6 nitrogen and oxygen atoms in total. The van der Waals surface area contributed by atoms with Crippen LogP contribution in [0.4, 0.5) is 0 Å². The normalized spacial score (nSPS) is 46.1. The summed E-state index contributed by atoms with van der Waals surface area (Å²) in [5.41, 5.74) is -0.307. The Hall–Kier alpha value is -0.690. The number of cyclic esters (lactones) is 1. The predicted molar refractivity (Wildman–Crippen MR) is 139 cm³/mol. The molecule has 1 heterocycles. The summed E-state index contributed by atoms with van der Waals surface area (Å²) in [6.07, 6.45) is 3.58.